The minimum Gasteiger partial charge on any atom is -0.490 e. The second-order valence-electron chi connectivity index (χ2n) is 21.9. The van der Waals surface area contributed by atoms with Crippen LogP contribution in [0.25, 0.3) is 11.3 Å². The molecule has 0 radical (unpaired) electrons. The minimum absolute atomic E-state index is 0. The normalized spacial score (nSPS) is 15.9. The van der Waals surface area contributed by atoms with E-state index < -0.39 is 51.2 Å². The molecule has 7 aromatic rings. The molecule has 0 saturated carbocycles. The van der Waals surface area contributed by atoms with E-state index in [1.54, 1.807) is 85.2 Å². The summed E-state index contributed by atoms with van der Waals surface area (Å²) in [5.41, 5.74) is 31.0. The summed E-state index contributed by atoms with van der Waals surface area (Å²) in [6.45, 7) is 11.4. The van der Waals surface area contributed by atoms with Crippen LogP contribution in [0.5, 0.6) is 11.5 Å². The second kappa shape index (κ2) is 26.9. The van der Waals surface area contributed by atoms with Gasteiger partial charge in [0.1, 0.15) is 48.1 Å². The Morgan fingerprint density at radius 2 is 0.854 bits per heavy atom. The largest absolute Gasteiger partial charge is 0.490 e. The molecular weight excluding hydrogens is 1220 g/mol. The van der Waals surface area contributed by atoms with Gasteiger partial charge in [-0.3, -0.25) is 19.6 Å². The van der Waals surface area contributed by atoms with Gasteiger partial charge in [-0.05, 0) is 111 Å². The van der Waals surface area contributed by atoms with Crippen LogP contribution in [-0.2, 0) is 63.1 Å². The highest BCUT2D eigenvalue weighted by molar-refractivity contribution is 7.90. The van der Waals surface area contributed by atoms with Gasteiger partial charge in [0, 0.05) is 40.8 Å². The summed E-state index contributed by atoms with van der Waals surface area (Å²) in [6, 6.07) is 37.5. The number of benzene rings is 5. The molecule has 28 heteroatoms. The van der Waals surface area contributed by atoms with Gasteiger partial charge < -0.3 is 43.0 Å². The first-order valence-electron chi connectivity index (χ1n) is 26.9. The average Bonchev–Trinajstić information content (AvgIpc) is 2.24. The zero-order valence-electron chi connectivity index (χ0n) is 48.6. The first-order valence-corrected chi connectivity index (χ1v) is 33.3. The average molecular weight is 1290 g/mol. The molecule has 468 valence electrons. The maximum absolute atomic E-state index is 12.9. The van der Waals surface area contributed by atoms with Crippen molar-refractivity contribution in [2.75, 3.05) is 13.2 Å². The van der Waals surface area contributed by atoms with Crippen molar-refractivity contribution in [3.05, 3.63) is 213 Å². The van der Waals surface area contributed by atoms with Crippen LogP contribution >= 0.6 is 0 Å². The predicted octanol–water partition coefficient (Wildman–Crippen LogP) is 5.83. The number of fused-ring (bicyclic) bond motifs is 4. The summed E-state index contributed by atoms with van der Waals surface area (Å²) in [5, 5.41) is 5.86. The highest BCUT2D eigenvalue weighted by Crippen LogP contribution is 2.31. The molecule has 11 rings (SSSR count). The number of aryl methyl sites for hydroxylation is 2. The lowest BCUT2D eigenvalue weighted by Crippen LogP contribution is -2.48. The number of aromatic nitrogens is 2. The van der Waals surface area contributed by atoms with Crippen LogP contribution < -0.4 is 43.0 Å². The number of amidine groups is 4. The van der Waals surface area contributed by atoms with Crippen molar-refractivity contribution in [3.63, 3.8) is 0 Å². The summed E-state index contributed by atoms with van der Waals surface area (Å²) >= 11 is 0. The van der Waals surface area contributed by atoms with Crippen LogP contribution in [0.1, 0.15) is 111 Å². The number of nitrogens with two attached hydrogens (primary N) is 4. The first-order chi connectivity index (χ1) is 41.3. The van der Waals surface area contributed by atoms with E-state index >= 15 is 0 Å². The molecule has 2 amide bonds. The zero-order chi connectivity index (χ0) is 64.0. The van der Waals surface area contributed by atoms with E-state index in [9.17, 15) is 43.3 Å². The third kappa shape index (κ3) is 17.5. The summed E-state index contributed by atoms with van der Waals surface area (Å²) in [6.07, 6.45) is 4.68. The Hall–Kier alpha value is -9.38. The Morgan fingerprint density at radius 1 is 0.472 bits per heavy atom. The van der Waals surface area contributed by atoms with Crippen molar-refractivity contribution in [3.8, 4) is 22.8 Å². The third-order valence-corrected chi connectivity index (χ3v) is 18.0. The van der Waals surface area contributed by atoms with Gasteiger partial charge in [0.15, 0.2) is 0 Å². The molecule has 89 heavy (non-hydrogen) atoms. The Morgan fingerprint density at radius 3 is 1.26 bits per heavy atom. The Bertz CT molecular complexity index is 4370. The smallest absolute Gasteiger partial charge is 0.259 e. The Balaban J connectivity index is 0.000000179. The Kier molecular flexibility index (Phi) is 20.3. The van der Waals surface area contributed by atoms with E-state index in [0.29, 0.717) is 50.6 Å². The molecule has 0 fully saturated rings. The van der Waals surface area contributed by atoms with Crippen molar-refractivity contribution in [2.45, 2.75) is 83.1 Å². The van der Waals surface area contributed by atoms with E-state index in [4.69, 9.17) is 32.4 Å². The van der Waals surface area contributed by atoms with Crippen LogP contribution in [0.2, 0.25) is 0 Å². The van der Waals surface area contributed by atoms with Crippen molar-refractivity contribution in [1.29, 1.82) is 0 Å². The number of rotatable bonds is 11. The summed E-state index contributed by atoms with van der Waals surface area (Å²) < 4.78 is 118. The summed E-state index contributed by atoms with van der Waals surface area (Å²) in [7, 11) is -14.0. The number of nitrogens with one attached hydrogen (secondary N) is 2. The van der Waals surface area contributed by atoms with E-state index in [1.807, 2.05) is 96.1 Å². The Labute approximate surface area is 518 Å². The van der Waals surface area contributed by atoms with E-state index in [1.165, 1.54) is 6.20 Å². The topological polar surface area (TPSA) is 393 Å². The van der Waals surface area contributed by atoms with E-state index in [2.05, 4.69) is 38.2 Å². The molecule has 10 N–H and O–H groups in total. The molecule has 2 aromatic heterocycles. The number of pyridine rings is 2. The fraction of sp³-hybridized carbons (Fsp3) is 0.246. The fourth-order valence-corrected chi connectivity index (χ4v) is 13.9. The van der Waals surface area contributed by atoms with Crippen molar-refractivity contribution < 1.29 is 52.7 Å². The van der Waals surface area contributed by atoms with Gasteiger partial charge >= 0.3 is 0 Å². The van der Waals surface area contributed by atoms with Crippen molar-refractivity contribution >= 4 is 75.3 Å². The molecule has 0 unspecified atom stereocenters. The van der Waals surface area contributed by atoms with Gasteiger partial charge in [-0.15, -0.1) is 17.6 Å². The van der Waals surface area contributed by atoms with Crippen LogP contribution in [0, 0.1) is 13.8 Å². The molecule has 24 nitrogen and oxygen atoms in total. The number of hydrogen-bond donors (Lipinski definition) is 6. The number of hydrogen-bond acceptors (Lipinski definition) is 18. The highest BCUT2D eigenvalue weighted by Gasteiger charge is 2.31. The van der Waals surface area contributed by atoms with E-state index in [-0.39, 0.29) is 78.8 Å². The van der Waals surface area contributed by atoms with Crippen molar-refractivity contribution in [2.24, 2.45) is 40.5 Å². The molecule has 5 aromatic carbocycles. The molecule has 0 atom stereocenters. The standard InChI is InChI=1S/C24H24N4O4S.C18H20N4O4S.2C9H10N2O2S.CH4/c1-24(2,15-32-20-10-6-9-18-14-33(30,31)28-22(25)21(18)20)27-23(29)17-11-12-26-19(13-17)16-7-4-3-5-8-16;1-18(2,21-17(23)12-6-4-8-20-9-12)11-26-14-7-3-5-13-10-27(24,25)22-16(19)15(13)14;2*1-6-3-2-4-7-5-14(12,13)11-9(10)8(6)7;/h3-13H,14-15H2,1-2H3,(H2,25,28)(H,27,29);3-9H,10-11H2,1-2H3,(H2,19,22)(H,21,23);2*2-4H,5H2,1H3,(H2,10,11);1H4. The summed E-state index contributed by atoms with van der Waals surface area (Å²) in [5.74, 6) is -0.224. The lowest BCUT2D eigenvalue weighted by molar-refractivity contribution is 0.0872. The second-order valence-corrected chi connectivity index (χ2v) is 28.4. The molecule has 6 heterocycles. The number of carbonyl (C=O) groups is 2. The lowest BCUT2D eigenvalue weighted by atomic mass is 10.0. The summed E-state index contributed by atoms with van der Waals surface area (Å²) in [4.78, 5) is 33.5. The highest BCUT2D eigenvalue weighted by atomic mass is 32.2. The quantitative estimate of drug-likeness (QED) is 0.0887. The zero-order valence-corrected chi connectivity index (χ0v) is 51.9. The number of sulfonamides is 4. The lowest BCUT2D eigenvalue weighted by Gasteiger charge is -2.27. The van der Waals surface area contributed by atoms with Crippen LogP contribution in [-0.4, -0.2) is 103 Å². The minimum atomic E-state index is -3.63. The monoisotopic (exact) mass is 1290 g/mol. The van der Waals surface area contributed by atoms with Gasteiger partial charge in [0.05, 0.1) is 56.5 Å². The van der Waals surface area contributed by atoms with Crippen LogP contribution in [0.4, 0.5) is 0 Å². The van der Waals surface area contributed by atoms with E-state index in [0.717, 1.165) is 38.9 Å². The fourth-order valence-electron chi connectivity index (χ4n) is 9.53. The number of nitrogens with zero attached hydrogens (tertiary/aromatic N) is 6. The third-order valence-electron chi connectivity index (χ3n) is 13.4. The van der Waals surface area contributed by atoms with Gasteiger partial charge in [-0.2, -0.15) is 0 Å². The van der Waals surface area contributed by atoms with Crippen molar-refractivity contribution in [1.82, 2.24) is 20.6 Å². The molecule has 0 spiro atoms. The maximum atomic E-state index is 12.9. The van der Waals surface area contributed by atoms with Crippen LogP contribution in [0.15, 0.2) is 164 Å². The number of amides is 2. The van der Waals surface area contributed by atoms with Gasteiger partial charge in [-0.1, -0.05) is 98.4 Å². The number of ether oxygens (including phenoxy) is 2. The number of carbonyl (C=O) groups excluding carboxylic acids is 2. The van der Waals surface area contributed by atoms with Crippen LogP contribution in [0.3, 0.4) is 0 Å². The molecule has 0 bridgehead atoms. The van der Waals surface area contributed by atoms with Gasteiger partial charge in [0.2, 0.25) is 0 Å². The SMILES string of the molecule is C.CC(C)(COc1cccc2c1C(N)=NS(=O)(=O)C2)NC(=O)c1cccnc1.CC(C)(COc1cccc2c1C(N)=NS(=O)(=O)C2)NC(=O)c1ccnc(-c2ccccc2)c1.Cc1cccc2c1C(N)=NS(=O)(=O)C2.Cc1cccc2c1C(N)=NS(=O)(=O)C2. The van der Waals surface area contributed by atoms with Gasteiger partial charge in [-0.25, -0.2) is 33.7 Å². The van der Waals surface area contributed by atoms with Gasteiger partial charge in [0.25, 0.3) is 51.9 Å². The first kappa shape index (κ1) is 67.1. The molecule has 4 aliphatic heterocycles. The molecular formula is C61H68N12O12S4. The predicted molar refractivity (Wildman–Crippen MR) is 343 cm³/mol. The maximum Gasteiger partial charge on any atom is 0.259 e. The molecule has 0 aliphatic carbocycles. The molecule has 0 saturated heterocycles. The molecule has 4 aliphatic rings.